The van der Waals surface area contributed by atoms with Crippen LogP contribution in [0.2, 0.25) is 5.02 Å². The van der Waals surface area contributed by atoms with Gasteiger partial charge >= 0.3 is 0 Å². The molecule has 1 aliphatic rings. The third-order valence-electron chi connectivity index (χ3n) is 4.16. The van der Waals surface area contributed by atoms with Crippen LogP contribution in [0, 0.1) is 5.82 Å². The number of anilines is 1. The number of amides is 1. The number of carbonyl (C=O) groups excluding carboxylic acids is 1. The van der Waals surface area contributed by atoms with Crippen LogP contribution in [0.4, 0.5) is 10.1 Å². The average molecular weight is 465 g/mol. The molecule has 1 aliphatic heterocycles. The van der Waals surface area contributed by atoms with Gasteiger partial charge in [-0.1, -0.05) is 11.6 Å². The van der Waals surface area contributed by atoms with Crippen molar-refractivity contribution in [3.05, 3.63) is 45.6 Å². The Labute approximate surface area is 175 Å². The van der Waals surface area contributed by atoms with Crippen molar-refractivity contribution in [2.24, 2.45) is 0 Å². The van der Waals surface area contributed by atoms with Crippen LogP contribution in [0.3, 0.4) is 0 Å². The van der Waals surface area contributed by atoms with Crippen molar-refractivity contribution in [1.82, 2.24) is 14.0 Å². The highest BCUT2D eigenvalue weighted by Crippen LogP contribution is 2.31. The van der Waals surface area contributed by atoms with Crippen molar-refractivity contribution in [3.8, 4) is 0 Å². The number of benzene rings is 1. The Kier molecular flexibility index (Phi) is 6.94. The molecule has 28 heavy (non-hydrogen) atoms. The Bertz CT molecular complexity index is 943. The Hall–Kier alpha value is -1.24. The molecule has 7 nitrogen and oxygen atoms in total. The van der Waals surface area contributed by atoms with Gasteiger partial charge in [0.2, 0.25) is 5.91 Å². The second-order valence-corrected chi connectivity index (χ2v) is 9.99. The minimum Gasteiger partial charge on any atom is -0.325 e. The smallest absolute Gasteiger partial charge is 0.280 e. The Morgan fingerprint density at radius 3 is 2.96 bits per heavy atom. The van der Waals surface area contributed by atoms with Gasteiger partial charge in [0, 0.05) is 29.6 Å². The predicted octanol–water partition coefficient (Wildman–Crippen LogP) is 2.89. The van der Waals surface area contributed by atoms with Crippen LogP contribution in [-0.2, 0) is 15.0 Å². The number of thiazole rings is 1. The summed E-state index contributed by atoms with van der Waals surface area (Å²) >= 11 is 8.56. The fourth-order valence-electron chi connectivity index (χ4n) is 2.86. The summed E-state index contributed by atoms with van der Waals surface area (Å²) in [6.07, 6.45) is 3.67. The molecule has 2 atom stereocenters. The van der Waals surface area contributed by atoms with Gasteiger partial charge in [0.05, 0.1) is 11.1 Å². The van der Waals surface area contributed by atoms with E-state index < -0.39 is 34.0 Å². The molecule has 0 aliphatic carbocycles. The zero-order valence-corrected chi connectivity index (χ0v) is 18.0. The van der Waals surface area contributed by atoms with Gasteiger partial charge < -0.3 is 5.32 Å². The highest BCUT2D eigenvalue weighted by molar-refractivity contribution is 7.98. The molecule has 0 spiro atoms. The van der Waals surface area contributed by atoms with Crippen LogP contribution in [0.5, 0.6) is 0 Å². The highest BCUT2D eigenvalue weighted by atomic mass is 35.5. The number of aromatic nitrogens is 1. The van der Waals surface area contributed by atoms with E-state index >= 15 is 0 Å². The first-order chi connectivity index (χ1) is 13.3. The molecule has 1 fully saturated rings. The largest absolute Gasteiger partial charge is 0.325 e. The Morgan fingerprint density at radius 1 is 1.54 bits per heavy atom. The van der Waals surface area contributed by atoms with Gasteiger partial charge in [-0.15, -0.1) is 11.3 Å². The topological polar surface area (TPSA) is 91.4 Å². The highest BCUT2D eigenvalue weighted by Gasteiger charge is 2.43. The first kappa shape index (κ1) is 21.5. The number of nitrogens with zero attached hydrogens (tertiary/aromatic N) is 2. The summed E-state index contributed by atoms with van der Waals surface area (Å²) in [6.45, 7) is 0.184. The van der Waals surface area contributed by atoms with E-state index in [1.165, 1.54) is 35.2 Å². The van der Waals surface area contributed by atoms with Crippen molar-refractivity contribution in [2.45, 2.75) is 18.5 Å². The van der Waals surface area contributed by atoms with Gasteiger partial charge in [-0.25, -0.2) is 9.37 Å². The van der Waals surface area contributed by atoms with E-state index in [4.69, 9.17) is 11.6 Å². The summed E-state index contributed by atoms with van der Waals surface area (Å²) in [5.41, 5.74) is 0.294. The minimum absolute atomic E-state index is 0.129. The molecule has 0 radical (unpaired) electrons. The molecule has 3 rings (SSSR count). The Balaban J connectivity index is 1.87. The van der Waals surface area contributed by atoms with Crippen molar-refractivity contribution in [3.63, 3.8) is 0 Å². The molecular weight excluding hydrogens is 447 g/mol. The maximum atomic E-state index is 13.4. The molecule has 0 unspecified atom stereocenters. The molecule has 12 heteroatoms. The number of hydrogen-bond acceptors (Lipinski definition) is 6. The minimum atomic E-state index is -3.88. The Morgan fingerprint density at radius 2 is 2.32 bits per heavy atom. The quantitative estimate of drug-likeness (QED) is 0.685. The number of carbonyl (C=O) groups is 1. The maximum absolute atomic E-state index is 13.4. The van der Waals surface area contributed by atoms with E-state index in [2.05, 4.69) is 15.0 Å². The first-order valence-corrected chi connectivity index (χ1v) is 12.3. The molecule has 2 heterocycles. The third kappa shape index (κ3) is 4.84. The summed E-state index contributed by atoms with van der Waals surface area (Å²) in [5, 5.41) is 4.86. The van der Waals surface area contributed by atoms with E-state index in [1.807, 2.05) is 6.26 Å². The van der Waals surface area contributed by atoms with Crippen LogP contribution in [0.25, 0.3) is 0 Å². The summed E-state index contributed by atoms with van der Waals surface area (Å²) in [6, 6.07) is 2.27. The van der Waals surface area contributed by atoms with Gasteiger partial charge in [-0.05, 0) is 30.9 Å². The van der Waals surface area contributed by atoms with Crippen molar-refractivity contribution < 1.29 is 17.6 Å². The lowest BCUT2D eigenvalue weighted by Gasteiger charge is -2.37. The summed E-state index contributed by atoms with van der Waals surface area (Å²) in [5.74, 6) is -0.570. The van der Waals surface area contributed by atoms with Gasteiger partial charge in [-0.3, -0.25) is 4.79 Å². The lowest BCUT2D eigenvalue weighted by Crippen LogP contribution is -2.58. The van der Waals surface area contributed by atoms with Crippen molar-refractivity contribution in [1.29, 1.82) is 0 Å². The van der Waals surface area contributed by atoms with E-state index in [-0.39, 0.29) is 18.0 Å². The third-order valence-corrected chi connectivity index (χ3v) is 7.57. The van der Waals surface area contributed by atoms with Gasteiger partial charge in [-0.2, -0.15) is 29.2 Å². The monoisotopic (exact) mass is 464 g/mol. The van der Waals surface area contributed by atoms with E-state index in [0.29, 0.717) is 16.4 Å². The summed E-state index contributed by atoms with van der Waals surface area (Å²) < 4.78 is 42.7. The predicted molar refractivity (Wildman–Crippen MR) is 110 cm³/mol. The van der Waals surface area contributed by atoms with Gasteiger partial charge in [0.1, 0.15) is 16.9 Å². The summed E-state index contributed by atoms with van der Waals surface area (Å²) in [4.78, 5) is 17.1. The van der Waals surface area contributed by atoms with Crippen molar-refractivity contribution >= 4 is 56.5 Å². The number of rotatable bonds is 6. The number of hydrogen-bond donors (Lipinski definition) is 2. The molecule has 152 valence electrons. The lowest BCUT2D eigenvalue weighted by molar-refractivity contribution is -0.120. The van der Waals surface area contributed by atoms with Crippen LogP contribution in [0.15, 0.2) is 29.8 Å². The molecule has 1 saturated heterocycles. The molecular formula is C16H18ClFN4O3S3. The number of halogens is 2. The van der Waals surface area contributed by atoms with Crippen molar-refractivity contribution in [2.75, 3.05) is 23.9 Å². The van der Waals surface area contributed by atoms with Crippen LogP contribution < -0.4 is 10.0 Å². The molecule has 2 N–H and O–H groups in total. The summed E-state index contributed by atoms with van der Waals surface area (Å²) in [7, 11) is -3.88. The molecule has 2 aromatic rings. The maximum Gasteiger partial charge on any atom is 0.280 e. The van der Waals surface area contributed by atoms with Gasteiger partial charge in [0.15, 0.2) is 0 Å². The molecule has 1 aromatic carbocycles. The van der Waals surface area contributed by atoms with Crippen LogP contribution in [0.1, 0.15) is 17.5 Å². The van der Waals surface area contributed by atoms with E-state index in [0.717, 1.165) is 10.4 Å². The zero-order chi connectivity index (χ0) is 20.3. The number of nitrogens with one attached hydrogen (secondary N) is 2. The second kappa shape index (κ2) is 9.06. The molecule has 0 saturated carbocycles. The molecule has 0 bridgehead atoms. The molecule has 1 amide bonds. The standard InChI is InChI=1S/C16H18ClFN4O3S3/c1-26-7-5-22-14(15(23)20-10-2-3-12(18)11(17)8-10)9-13(21-28(22,24)25)16-19-4-6-27-16/h2-4,6,8,13-14,21H,5,7,9H2,1H3,(H,20,23)/t13-,14+/m1/s1. The van der Waals surface area contributed by atoms with E-state index in [1.54, 1.807) is 11.6 Å². The van der Waals surface area contributed by atoms with E-state index in [9.17, 15) is 17.6 Å². The van der Waals surface area contributed by atoms with Crippen LogP contribution >= 0.6 is 34.7 Å². The molecule has 1 aromatic heterocycles. The normalized spacial score (nSPS) is 22.1. The second-order valence-electron chi connectivity index (χ2n) is 6.02. The fourth-order valence-corrected chi connectivity index (χ4v) is 5.86. The number of thioether (sulfide) groups is 1. The zero-order valence-electron chi connectivity index (χ0n) is 14.8. The first-order valence-electron chi connectivity index (χ1n) is 8.25. The average Bonchev–Trinajstić information content (AvgIpc) is 3.17. The van der Waals surface area contributed by atoms with Gasteiger partial charge in [0.25, 0.3) is 10.2 Å². The lowest BCUT2D eigenvalue weighted by atomic mass is 10.1. The van der Waals surface area contributed by atoms with Crippen LogP contribution in [-0.4, -0.2) is 48.2 Å². The fraction of sp³-hybridized carbons (Fsp3) is 0.375. The SMILES string of the molecule is CSCCN1[C@H](C(=O)Nc2ccc(F)c(Cl)c2)C[C@H](c2nccs2)NS1(=O)=O.